The van der Waals surface area contributed by atoms with Crippen molar-refractivity contribution in [2.45, 2.75) is 52.1 Å². The molecular weight excluding hydrogens is 198 g/mol. The number of nitrogen functional groups attached to an aromatic ring is 1. The Morgan fingerprint density at radius 1 is 1.25 bits per heavy atom. The second-order valence-corrected chi connectivity index (χ2v) is 4.90. The molecule has 2 N–H and O–H groups in total. The highest BCUT2D eigenvalue weighted by Gasteiger charge is 2.27. The molecule has 3 heteroatoms. The molecule has 2 unspecified atom stereocenters. The summed E-state index contributed by atoms with van der Waals surface area (Å²) in [4.78, 5) is 6.98. The van der Waals surface area contributed by atoms with Crippen LogP contribution in [0.3, 0.4) is 0 Å². The second-order valence-electron chi connectivity index (χ2n) is 4.90. The van der Waals surface area contributed by atoms with Crippen molar-refractivity contribution in [2.75, 3.05) is 10.6 Å². The van der Waals surface area contributed by atoms with E-state index in [4.69, 9.17) is 5.73 Å². The Labute approximate surface area is 97.7 Å². The highest BCUT2D eigenvalue weighted by Crippen LogP contribution is 2.31. The summed E-state index contributed by atoms with van der Waals surface area (Å²) in [5, 5.41) is 0. The van der Waals surface area contributed by atoms with E-state index in [2.05, 4.69) is 23.7 Å². The number of anilines is 2. The number of nitrogens with two attached hydrogens (primary N) is 1. The van der Waals surface area contributed by atoms with E-state index in [1.54, 1.807) is 0 Å². The third-order valence-electron chi connectivity index (χ3n) is 3.48. The van der Waals surface area contributed by atoms with Crippen LogP contribution in [0.4, 0.5) is 11.5 Å². The van der Waals surface area contributed by atoms with Crippen molar-refractivity contribution >= 4 is 11.5 Å². The van der Waals surface area contributed by atoms with Gasteiger partial charge in [0.25, 0.3) is 0 Å². The van der Waals surface area contributed by atoms with Crippen LogP contribution in [0.1, 0.15) is 38.8 Å². The van der Waals surface area contributed by atoms with Crippen LogP contribution in [-0.2, 0) is 0 Å². The maximum absolute atomic E-state index is 6.04. The monoisotopic (exact) mass is 219 g/mol. The fourth-order valence-electron chi connectivity index (χ4n) is 2.60. The van der Waals surface area contributed by atoms with E-state index < -0.39 is 0 Å². The van der Waals surface area contributed by atoms with E-state index in [0.29, 0.717) is 12.1 Å². The SMILES string of the molecule is Cc1ccc(N)c(N2C(C)CCCC2C)n1. The lowest BCUT2D eigenvalue weighted by atomic mass is 9.97. The van der Waals surface area contributed by atoms with E-state index in [0.717, 1.165) is 17.2 Å². The largest absolute Gasteiger partial charge is 0.396 e. The first kappa shape index (κ1) is 11.2. The highest BCUT2D eigenvalue weighted by molar-refractivity contribution is 5.64. The van der Waals surface area contributed by atoms with Crippen molar-refractivity contribution in [1.82, 2.24) is 4.98 Å². The van der Waals surface area contributed by atoms with Crippen molar-refractivity contribution < 1.29 is 0 Å². The van der Waals surface area contributed by atoms with Gasteiger partial charge in [-0.1, -0.05) is 0 Å². The van der Waals surface area contributed by atoms with Crippen LogP contribution in [0.2, 0.25) is 0 Å². The van der Waals surface area contributed by atoms with Gasteiger partial charge in [-0.2, -0.15) is 0 Å². The Balaban J connectivity index is 2.37. The summed E-state index contributed by atoms with van der Waals surface area (Å²) in [7, 11) is 0. The molecule has 0 bridgehead atoms. The van der Waals surface area contributed by atoms with Crippen molar-refractivity contribution in [1.29, 1.82) is 0 Å². The molecule has 0 aromatic carbocycles. The molecule has 1 aromatic rings. The van der Waals surface area contributed by atoms with Crippen LogP contribution in [0.25, 0.3) is 0 Å². The Hall–Kier alpha value is -1.25. The Kier molecular flexibility index (Phi) is 3.03. The van der Waals surface area contributed by atoms with Crippen molar-refractivity contribution in [3.8, 4) is 0 Å². The number of piperidine rings is 1. The first-order valence-corrected chi connectivity index (χ1v) is 6.11. The van der Waals surface area contributed by atoms with Crippen LogP contribution < -0.4 is 10.6 Å². The molecule has 1 aliphatic rings. The molecule has 2 atom stereocenters. The van der Waals surface area contributed by atoms with Gasteiger partial charge in [-0.25, -0.2) is 4.98 Å². The van der Waals surface area contributed by atoms with E-state index in [1.807, 2.05) is 19.1 Å². The van der Waals surface area contributed by atoms with E-state index in [-0.39, 0.29) is 0 Å². The van der Waals surface area contributed by atoms with Gasteiger partial charge in [-0.05, 0) is 52.2 Å². The number of hydrogen-bond donors (Lipinski definition) is 1. The molecule has 1 aromatic heterocycles. The average molecular weight is 219 g/mol. The number of nitrogens with zero attached hydrogens (tertiary/aromatic N) is 2. The summed E-state index contributed by atoms with van der Waals surface area (Å²) in [5.41, 5.74) is 7.87. The zero-order chi connectivity index (χ0) is 11.7. The summed E-state index contributed by atoms with van der Waals surface area (Å²) in [6.07, 6.45) is 3.78. The van der Waals surface area contributed by atoms with Crippen LogP contribution in [0.5, 0.6) is 0 Å². The zero-order valence-corrected chi connectivity index (χ0v) is 10.4. The number of hydrogen-bond acceptors (Lipinski definition) is 3. The van der Waals surface area contributed by atoms with Crippen LogP contribution in [-0.4, -0.2) is 17.1 Å². The molecule has 0 saturated carbocycles. The maximum Gasteiger partial charge on any atom is 0.152 e. The smallest absolute Gasteiger partial charge is 0.152 e. The summed E-state index contributed by atoms with van der Waals surface area (Å²) < 4.78 is 0. The molecule has 2 rings (SSSR count). The van der Waals surface area contributed by atoms with Crippen LogP contribution in [0, 0.1) is 6.92 Å². The van der Waals surface area contributed by atoms with Gasteiger partial charge in [0.2, 0.25) is 0 Å². The molecular formula is C13H21N3. The Bertz CT molecular complexity index is 365. The molecule has 2 heterocycles. The first-order chi connectivity index (χ1) is 7.59. The predicted molar refractivity (Wildman–Crippen MR) is 68.6 cm³/mol. The minimum atomic E-state index is 0.542. The topological polar surface area (TPSA) is 42.1 Å². The lowest BCUT2D eigenvalue weighted by molar-refractivity contribution is 0.411. The normalized spacial score (nSPS) is 25.8. The minimum absolute atomic E-state index is 0.542. The highest BCUT2D eigenvalue weighted by atomic mass is 15.2. The van der Waals surface area contributed by atoms with Gasteiger partial charge in [0.05, 0.1) is 5.69 Å². The van der Waals surface area contributed by atoms with Crippen molar-refractivity contribution in [3.05, 3.63) is 17.8 Å². The van der Waals surface area contributed by atoms with Gasteiger partial charge in [-0.15, -0.1) is 0 Å². The van der Waals surface area contributed by atoms with Gasteiger partial charge in [0.15, 0.2) is 5.82 Å². The molecule has 88 valence electrons. The molecule has 3 nitrogen and oxygen atoms in total. The fraction of sp³-hybridized carbons (Fsp3) is 0.615. The van der Waals surface area contributed by atoms with E-state index in [9.17, 15) is 0 Å². The molecule has 1 saturated heterocycles. The standard InChI is InChI=1S/C13H21N3/c1-9-7-8-12(14)13(15-9)16-10(2)5-4-6-11(16)3/h7-8,10-11H,4-6,14H2,1-3H3. The third kappa shape index (κ3) is 1.99. The summed E-state index contributed by atoms with van der Waals surface area (Å²) in [5.74, 6) is 0.972. The molecule has 0 aliphatic carbocycles. The maximum atomic E-state index is 6.04. The third-order valence-corrected chi connectivity index (χ3v) is 3.48. The lowest BCUT2D eigenvalue weighted by Gasteiger charge is -2.40. The Morgan fingerprint density at radius 2 is 1.88 bits per heavy atom. The van der Waals surface area contributed by atoms with Gasteiger partial charge >= 0.3 is 0 Å². The van der Waals surface area contributed by atoms with Gasteiger partial charge in [0, 0.05) is 17.8 Å². The minimum Gasteiger partial charge on any atom is -0.396 e. The summed E-state index contributed by atoms with van der Waals surface area (Å²) in [6, 6.07) is 5.02. The zero-order valence-electron chi connectivity index (χ0n) is 10.4. The molecule has 1 fully saturated rings. The second kappa shape index (κ2) is 4.32. The van der Waals surface area contributed by atoms with Crippen LogP contribution in [0.15, 0.2) is 12.1 Å². The summed E-state index contributed by atoms with van der Waals surface area (Å²) >= 11 is 0. The number of aryl methyl sites for hydroxylation is 1. The van der Waals surface area contributed by atoms with E-state index in [1.165, 1.54) is 19.3 Å². The molecule has 0 amide bonds. The fourth-order valence-corrected chi connectivity index (χ4v) is 2.60. The molecule has 0 spiro atoms. The summed E-state index contributed by atoms with van der Waals surface area (Å²) in [6.45, 7) is 6.54. The lowest BCUT2D eigenvalue weighted by Crippen LogP contribution is -2.44. The number of aromatic nitrogens is 1. The predicted octanol–water partition coefficient (Wildman–Crippen LogP) is 2.74. The average Bonchev–Trinajstić information content (AvgIpc) is 2.23. The van der Waals surface area contributed by atoms with Crippen molar-refractivity contribution in [3.63, 3.8) is 0 Å². The van der Waals surface area contributed by atoms with Crippen molar-refractivity contribution in [2.24, 2.45) is 0 Å². The van der Waals surface area contributed by atoms with Gasteiger partial charge in [0.1, 0.15) is 0 Å². The first-order valence-electron chi connectivity index (χ1n) is 6.11. The van der Waals surface area contributed by atoms with Gasteiger partial charge in [-0.3, -0.25) is 0 Å². The number of rotatable bonds is 1. The van der Waals surface area contributed by atoms with Gasteiger partial charge < -0.3 is 10.6 Å². The Morgan fingerprint density at radius 3 is 2.50 bits per heavy atom. The molecule has 0 radical (unpaired) electrons. The molecule has 1 aliphatic heterocycles. The van der Waals surface area contributed by atoms with Crippen LogP contribution >= 0.6 is 0 Å². The number of pyridine rings is 1. The molecule has 16 heavy (non-hydrogen) atoms. The quantitative estimate of drug-likeness (QED) is 0.789. The van der Waals surface area contributed by atoms with E-state index >= 15 is 0 Å².